The van der Waals surface area contributed by atoms with E-state index in [0.29, 0.717) is 6.42 Å². The summed E-state index contributed by atoms with van der Waals surface area (Å²) in [5, 5.41) is 0. The van der Waals surface area contributed by atoms with Crippen LogP contribution in [0.25, 0.3) is 0 Å². The lowest BCUT2D eigenvalue weighted by molar-refractivity contribution is -0.161. The van der Waals surface area contributed by atoms with E-state index in [-0.39, 0.29) is 32.6 Å². The van der Waals surface area contributed by atoms with Crippen molar-refractivity contribution in [1.29, 1.82) is 0 Å². The summed E-state index contributed by atoms with van der Waals surface area (Å²) in [6.07, 6.45) is 28.1. The minimum absolute atomic E-state index is 0.0546. The molecule has 0 aromatic heterocycles. The number of carbonyl (C=O) groups is 2. The monoisotopic (exact) mass is 647 g/mol. The molecule has 0 aromatic rings. The van der Waals surface area contributed by atoms with Gasteiger partial charge in [0.05, 0.1) is 13.2 Å². The van der Waals surface area contributed by atoms with Crippen LogP contribution in [-0.2, 0) is 32.7 Å². The van der Waals surface area contributed by atoms with Crippen molar-refractivity contribution in [3.8, 4) is 0 Å². The first-order chi connectivity index (χ1) is 21.3. The van der Waals surface area contributed by atoms with Crippen LogP contribution in [0, 0.1) is 0 Å². The summed E-state index contributed by atoms with van der Waals surface area (Å²) in [6, 6.07) is 0. The van der Waals surface area contributed by atoms with Crippen LogP contribution < -0.4 is 5.73 Å². The number of hydrogen-bond donors (Lipinski definition) is 2. The highest BCUT2D eigenvalue weighted by Crippen LogP contribution is 2.43. The molecule has 0 aromatic carbocycles. The van der Waals surface area contributed by atoms with Crippen LogP contribution in [0.1, 0.15) is 162 Å². The molecule has 2 unspecified atom stereocenters. The molecule has 260 valence electrons. The quantitative estimate of drug-likeness (QED) is 0.0309. The Morgan fingerprint density at radius 2 is 1.14 bits per heavy atom. The van der Waals surface area contributed by atoms with Crippen LogP contribution in [0.3, 0.4) is 0 Å². The molecule has 0 saturated heterocycles. The molecule has 0 heterocycles. The molecule has 44 heavy (non-hydrogen) atoms. The predicted molar refractivity (Wildman–Crippen MR) is 178 cm³/mol. The van der Waals surface area contributed by atoms with Crippen LogP contribution in [-0.4, -0.2) is 49.3 Å². The van der Waals surface area contributed by atoms with Crippen molar-refractivity contribution in [2.75, 3.05) is 26.4 Å². The van der Waals surface area contributed by atoms with E-state index in [2.05, 4.69) is 26.0 Å². The van der Waals surface area contributed by atoms with E-state index in [9.17, 15) is 19.0 Å². The van der Waals surface area contributed by atoms with E-state index in [0.717, 1.165) is 57.8 Å². The third-order valence-corrected chi connectivity index (χ3v) is 8.39. The minimum Gasteiger partial charge on any atom is -0.462 e. The molecule has 2 atom stereocenters. The molecule has 0 amide bonds. The molecule has 10 heteroatoms. The molecule has 0 aliphatic rings. The first kappa shape index (κ1) is 42.8. The van der Waals surface area contributed by atoms with Crippen molar-refractivity contribution in [2.24, 2.45) is 5.73 Å². The van der Waals surface area contributed by atoms with E-state index < -0.39 is 32.5 Å². The van der Waals surface area contributed by atoms with Crippen LogP contribution in [0.15, 0.2) is 12.2 Å². The number of ether oxygens (including phenoxy) is 2. The van der Waals surface area contributed by atoms with Gasteiger partial charge in [-0.2, -0.15) is 0 Å². The maximum absolute atomic E-state index is 12.5. The van der Waals surface area contributed by atoms with Crippen LogP contribution in [0.5, 0.6) is 0 Å². The number of phosphoric acid groups is 1. The third-order valence-electron chi connectivity index (χ3n) is 7.40. The van der Waals surface area contributed by atoms with E-state index in [1.54, 1.807) is 0 Å². The summed E-state index contributed by atoms with van der Waals surface area (Å²) in [7, 11) is -4.36. The Bertz CT molecular complexity index is 749. The van der Waals surface area contributed by atoms with Crippen LogP contribution in [0.2, 0.25) is 0 Å². The lowest BCUT2D eigenvalue weighted by atomic mass is 10.0. The second-order valence-corrected chi connectivity index (χ2v) is 13.2. The van der Waals surface area contributed by atoms with E-state index in [4.69, 9.17) is 24.3 Å². The summed E-state index contributed by atoms with van der Waals surface area (Å²) in [5.41, 5.74) is 5.32. The fraction of sp³-hybridized carbons (Fsp3) is 0.882. The molecule has 0 aliphatic carbocycles. The molecular weight excluding hydrogens is 581 g/mol. The van der Waals surface area contributed by atoms with Gasteiger partial charge in [0.1, 0.15) is 6.61 Å². The largest absolute Gasteiger partial charge is 0.472 e. The number of rotatable bonds is 33. The number of hydrogen-bond acceptors (Lipinski definition) is 8. The molecule has 9 nitrogen and oxygen atoms in total. The Morgan fingerprint density at radius 3 is 1.68 bits per heavy atom. The maximum Gasteiger partial charge on any atom is 0.472 e. The van der Waals surface area contributed by atoms with Gasteiger partial charge in [0, 0.05) is 19.4 Å². The zero-order valence-corrected chi connectivity index (χ0v) is 29.0. The maximum atomic E-state index is 12.5. The number of esters is 2. The topological polar surface area (TPSA) is 134 Å². The standard InChI is InChI=1S/C34H66NO8P/c1-3-5-7-9-11-13-15-17-19-21-23-25-27-34(37)43-32(31-42-44(38,39)41-29-28-35)30-40-33(36)26-24-22-20-18-16-14-12-10-8-6-4-2/h10,12,32H,3-9,11,13-31,35H2,1-2H3,(H,38,39). The Morgan fingerprint density at radius 1 is 0.659 bits per heavy atom. The van der Waals surface area contributed by atoms with E-state index >= 15 is 0 Å². The molecule has 0 spiro atoms. The van der Waals surface area contributed by atoms with Gasteiger partial charge in [0.2, 0.25) is 0 Å². The van der Waals surface area contributed by atoms with Gasteiger partial charge in [-0.25, -0.2) is 4.57 Å². The lowest BCUT2D eigenvalue weighted by Gasteiger charge is -2.19. The molecule has 0 radical (unpaired) electrons. The Labute approximate surface area is 269 Å². The number of phosphoric ester groups is 1. The Kier molecular flexibility index (Phi) is 30.8. The molecule has 3 N–H and O–H groups in total. The van der Waals surface area contributed by atoms with Gasteiger partial charge in [-0.3, -0.25) is 18.6 Å². The first-order valence-corrected chi connectivity index (χ1v) is 19.2. The van der Waals surface area contributed by atoms with Crippen molar-refractivity contribution in [3.63, 3.8) is 0 Å². The molecule has 0 rings (SSSR count). The van der Waals surface area contributed by atoms with Gasteiger partial charge in [-0.15, -0.1) is 0 Å². The van der Waals surface area contributed by atoms with Gasteiger partial charge in [-0.05, 0) is 32.1 Å². The van der Waals surface area contributed by atoms with Crippen molar-refractivity contribution < 1.29 is 37.6 Å². The highest BCUT2D eigenvalue weighted by Gasteiger charge is 2.25. The van der Waals surface area contributed by atoms with Gasteiger partial charge in [-0.1, -0.05) is 129 Å². The normalized spacial score (nSPS) is 13.6. The smallest absolute Gasteiger partial charge is 0.462 e. The van der Waals surface area contributed by atoms with Gasteiger partial charge in [0.25, 0.3) is 0 Å². The second-order valence-electron chi connectivity index (χ2n) is 11.7. The summed E-state index contributed by atoms with van der Waals surface area (Å²) < 4.78 is 32.5. The second kappa shape index (κ2) is 31.7. The number of nitrogens with two attached hydrogens (primary N) is 1. The number of carbonyl (C=O) groups excluding carboxylic acids is 2. The van der Waals surface area contributed by atoms with Crippen molar-refractivity contribution in [3.05, 3.63) is 12.2 Å². The molecule has 0 saturated carbocycles. The van der Waals surface area contributed by atoms with Crippen molar-refractivity contribution in [1.82, 2.24) is 0 Å². The molecule has 0 bridgehead atoms. The Balaban J connectivity index is 4.27. The zero-order valence-electron chi connectivity index (χ0n) is 28.2. The molecule has 0 aliphatic heterocycles. The van der Waals surface area contributed by atoms with Gasteiger partial charge in [0.15, 0.2) is 6.10 Å². The summed E-state index contributed by atoms with van der Waals surface area (Å²) in [6.45, 7) is 3.66. The fourth-order valence-electron chi connectivity index (χ4n) is 4.73. The first-order valence-electron chi connectivity index (χ1n) is 17.7. The Hall–Kier alpha value is -1.25. The van der Waals surface area contributed by atoms with Gasteiger partial charge < -0.3 is 20.1 Å². The lowest BCUT2D eigenvalue weighted by Crippen LogP contribution is -2.29. The highest BCUT2D eigenvalue weighted by atomic mass is 31.2. The predicted octanol–water partition coefficient (Wildman–Crippen LogP) is 9.10. The third kappa shape index (κ3) is 30.8. The molecular formula is C34H66NO8P. The summed E-state index contributed by atoms with van der Waals surface area (Å²) in [4.78, 5) is 34.5. The fourth-order valence-corrected chi connectivity index (χ4v) is 5.50. The SMILES string of the molecule is CCCCC=CCCCCCCCC(=O)OCC(COP(=O)(O)OCCN)OC(=O)CCCCCCCCCCCCCC. The summed E-state index contributed by atoms with van der Waals surface area (Å²) in [5.74, 6) is -0.838. The molecule has 0 fully saturated rings. The average molecular weight is 648 g/mol. The highest BCUT2D eigenvalue weighted by molar-refractivity contribution is 7.47. The average Bonchev–Trinajstić information content (AvgIpc) is 3.00. The van der Waals surface area contributed by atoms with Crippen LogP contribution >= 0.6 is 7.82 Å². The number of unbranched alkanes of at least 4 members (excludes halogenated alkanes) is 18. The van der Waals surface area contributed by atoms with E-state index in [1.807, 2.05) is 0 Å². The van der Waals surface area contributed by atoms with Gasteiger partial charge >= 0.3 is 19.8 Å². The van der Waals surface area contributed by atoms with Crippen LogP contribution in [0.4, 0.5) is 0 Å². The van der Waals surface area contributed by atoms with Crippen molar-refractivity contribution in [2.45, 2.75) is 168 Å². The van der Waals surface area contributed by atoms with E-state index in [1.165, 1.54) is 70.6 Å². The summed E-state index contributed by atoms with van der Waals surface area (Å²) >= 11 is 0. The van der Waals surface area contributed by atoms with Crippen molar-refractivity contribution >= 4 is 19.8 Å². The minimum atomic E-state index is -4.36. The zero-order chi connectivity index (χ0) is 32.6. The number of allylic oxidation sites excluding steroid dienone is 2.